The highest BCUT2D eigenvalue weighted by molar-refractivity contribution is 6.17. The molecule has 0 heterocycles. The summed E-state index contributed by atoms with van der Waals surface area (Å²) in [6.45, 7) is 3.60. The summed E-state index contributed by atoms with van der Waals surface area (Å²) in [4.78, 5) is 22.6. The van der Waals surface area contributed by atoms with Crippen LogP contribution < -0.4 is 0 Å². The number of rotatable bonds is 9. The number of alkyl halides is 1. The molecule has 0 saturated heterocycles. The van der Waals surface area contributed by atoms with E-state index in [1.807, 2.05) is 6.08 Å². The van der Waals surface area contributed by atoms with E-state index in [1.54, 1.807) is 13.0 Å². The van der Waals surface area contributed by atoms with Crippen LogP contribution in [-0.4, -0.2) is 24.2 Å². The summed E-state index contributed by atoms with van der Waals surface area (Å²) in [6, 6.07) is 0. The zero-order chi connectivity index (χ0) is 13.1. The number of hydrogen-bond acceptors (Lipinski definition) is 3. The van der Waals surface area contributed by atoms with Gasteiger partial charge in [-0.2, -0.15) is 0 Å². The highest BCUT2D eigenvalue weighted by Crippen LogP contribution is 2.10. The number of carbonyl (C=O) groups is 2. The van der Waals surface area contributed by atoms with Gasteiger partial charge in [-0.05, 0) is 33.1 Å². The maximum atomic E-state index is 11.3. The van der Waals surface area contributed by atoms with Gasteiger partial charge in [0, 0.05) is 11.8 Å². The van der Waals surface area contributed by atoms with Crippen LogP contribution in [0.2, 0.25) is 0 Å². The van der Waals surface area contributed by atoms with Gasteiger partial charge in [-0.15, -0.1) is 11.6 Å². The Morgan fingerprint density at radius 1 is 1.35 bits per heavy atom. The van der Waals surface area contributed by atoms with Gasteiger partial charge >= 0.3 is 5.97 Å². The van der Waals surface area contributed by atoms with Crippen molar-refractivity contribution in [1.29, 1.82) is 0 Å². The highest BCUT2D eigenvalue weighted by atomic mass is 35.5. The molecule has 0 aromatic carbocycles. The average Bonchev–Trinajstić information content (AvgIpc) is 2.27. The fourth-order valence-corrected chi connectivity index (χ4v) is 1.55. The molecule has 0 aromatic heterocycles. The quantitative estimate of drug-likeness (QED) is 0.277. The molecule has 0 amide bonds. The zero-order valence-corrected chi connectivity index (χ0v) is 11.3. The van der Waals surface area contributed by atoms with E-state index in [0.717, 1.165) is 19.3 Å². The van der Waals surface area contributed by atoms with E-state index in [-0.39, 0.29) is 24.1 Å². The van der Waals surface area contributed by atoms with Crippen LogP contribution in [0.25, 0.3) is 0 Å². The van der Waals surface area contributed by atoms with Gasteiger partial charge in [-0.25, -0.2) is 0 Å². The van der Waals surface area contributed by atoms with E-state index >= 15 is 0 Å². The van der Waals surface area contributed by atoms with Crippen molar-refractivity contribution in [3.8, 4) is 0 Å². The molecule has 0 aliphatic carbocycles. The Morgan fingerprint density at radius 2 is 2.06 bits per heavy atom. The summed E-state index contributed by atoms with van der Waals surface area (Å²) >= 11 is 5.56. The second kappa shape index (κ2) is 10.3. The van der Waals surface area contributed by atoms with Crippen LogP contribution in [0, 0.1) is 5.92 Å². The second-order valence-corrected chi connectivity index (χ2v) is 4.22. The van der Waals surface area contributed by atoms with E-state index in [2.05, 4.69) is 0 Å². The molecule has 0 aliphatic heterocycles. The molecule has 0 saturated carbocycles. The first-order chi connectivity index (χ1) is 8.11. The highest BCUT2D eigenvalue weighted by Gasteiger charge is 2.15. The number of halogens is 1. The van der Waals surface area contributed by atoms with Crippen LogP contribution in [0.1, 0.15) is 39.5 Å². The van der Waals surface area contributed by atoms with Crippen molar-refractivity contribution in [2.75, 3.05) is 12.5 Å². The molecule has 17 heavy (non-hydrogen) atoms. The Balaban J connectivity index is 4.06. The molecular weight excluding hydrogens is 240 g/mol. The standard InChI is InChI=1S/C13H21ClO3/c1-3-17-13(16)10-12(11(2)15)8-6-4-5-7-9-14/h6,8,12H,3-5,7,9-10H2,1-2H3/b8-6+. The van der Waals surface area contributed by atoms with Crippen LogP contribution in [0.3, 0.4) is 0 Å². The van der Waals surface area contributed by atoms with Crippen molar-refractivity contribution < 1.29 is 14.3 Å². The molecule has 0 rings (SSSR count). The number of allylic oxidation sites excluding steroid dienone is 2. The molecule has 3 nitrogen and oxygen atoms in total. The molecule has 0 fully saturated rings. The smallest absolute Gasteiger partial charge is 0.306 e. The zero-order valence-electron chi connectivity index (χ0n) is 10.6. The summed E-state index contributed by atoms with van der Waals surface area (Å²) in [5, 5.41) is 0. The van der Waals surface area contributed by atoms with Gasteiger partial charge in [0.05, 0.1) is 13.0 Å². The Morgan fingerprint density at radius 3 is 2.59 bits per heavy atom. The fourth-order valence-electron chi connectivity index (χ4n) is 1.36. The number of esters is 1. The Bertz CT molecular complexity index is 261. The van der Waals surface area contributed by atoms with Crippen molar-refractivity contribution in [3.63, 3.8) is 0 Å². The molecular formula is C13H21ClO3. The van der Waals surface area contributed by atoms with Gasteiger partial charge in [-0.3, -0.25) is 9.59 Å². The van der Waals surface area contributed by atoms with Gasteiger partial charge in [0.15, 0.2) is 0 Å². The van der Waals surface area contributed by atoms with Crippen molar-refractivity contribution in [2.45, 2.75) is 39.5 Å². The lowest BCUT2D eigenvalue weighted by molar-refractivity contribution is -0.145. The van der Waals surface area contributed by atoms with Crippen molar-refractivity contribution in [2.24, 2.45) is 5.92 Å². The van der Waals surface area contributed by atoms with Crippen LogP contribution in [-0.2, 0) is 14.3 Å². The van der Waals surface area contributed by atoms with Crippen molar-refractivity contribution in [1.82, 2.24) is 0 Å². The largest absolute Gasteiger partial charge is 0.466 e. The van der Waals surface area contributed by atoms with Crippen LogP contribution in [0.5, 0.6) is 0 Å². The van der Waals surface area contributed by atoms with E-state index in [1.165, 1.54) is 6.92 Å². The fraction of sp³-hybridized carbons (Fsp3) is 0.692. The van der Waals surface area contributed by atoms with E-state index < -0.39 is 0 Å². The minimum absolute atomic E-state index is 0.00773. The predicted octanol–water partition coefficient (Wildman–Crippen LogP) is 3.11. The topological polar surface area (TPSA) is 43.4 Å². The molecule has 98 valence electrons. The number of Topliss-reactive ketones (excluding diaryl/α,β-unsaturated/α-hetero) is 1. The van der Waals surface area contributed by atoms with E-state index in [4.69, 9.17) is 16.3 Å². The number of carbonyl (C=O) groups excluding carboxylic acids is 2. The molecule has 0 N–H and O–H groups in total. The Hall–Kier alpha value is -0.830. The number of ether oxygens (including phenoxy) is 1. The Labute approximate surface area is 108 Å². The first-order valence-corrected chi connectivity index (χ1v) is 6.54. The Kier molecular flexibility index (Phi) is 9.83. The normalized spacial score (nSPS) is 12.6. The molecule has 1 unspecified atom stereocenters. The number of ketones is 1. The molecule has 0 radical (unpaired) electrons. The SMILES string of the molecule is CCOC(=O)CC(/C=C/CCCCCl)C(C)=O. The third-order valence-electron chi connectivity index (χ3n) is 2.34. The van der Waals surface area contributed by atoms with Gasteiger partial charge in [0.2, 0.25) is 0 Å². The first kappa shape index (κ1) is 16.2. The predicted molar refractivity (Wildman–Crippen MR) is 69.1 cm³/mol. The number of hydrogen-bond donors (Lipinski definition) is 0. The summed E-state index contributed by atoms with van der Waals surface area (Å²) in [5.74, 6) is -0.0258. The molecule has 4 heteroatoms. The van der Waals surface area contributed by atoms with E-state index in [0.29, 0.717) is 12.5 Å². The molecule has 0 aromatic rings. The monoisotopic (exact) mass is 260 g/mol. The lowest BCUT2D eigenvalue weighted by Crippen LogP contribution is -2.15. The number of unbranched alkanes of at least 4 members (excludes halogenated alkanes) is 2. The lowest BCUT2D eigenvalue weighted by Gasteiger charge is -2.08. The van der Waals surface area contributed by atoms with Gasteiger partial charge in [0.1, 0.15) is 5.78 Å². The summed E-state index contributed by atoms with van der Waals surface area (Å²) < 4.78 is 4.82. The molecule has 0 spiro atoms. The molecule has 0 bridgehead atoms. The first-order valence-electron chi connectivity index (χ1n) is 6.00. The minimum atomic E-state index is -0.356. The maximum absolute atomic E-state index is 11.3. The van der Waals surface area contributed by atoms with Gasteiger partial charge in [-0.1, -0.05) is 12.2 Å². The van der Waals surface area contributed by atoms with Crippen LogP contribution >= 0.6 is 11.6 Å². The lowest BCUT2D eigenvalue weighted by atomic mass is 10.00. The molecule has 0 aliphatic rings. The minimum Gasteiger partial charge on any atom is -0.466 e. The molecule has 1 atom stereocenters. The van der Waals surface area contributed by atoms with E-state index in [9.17, 15) is 9.59 Å². The van der Waals surface area contributed by atoms with Crippen molar-refractivity contribution >= 4 is 23.4 Å². The average molecular weight is 261 g/mol. The summed E-state index contributed by atoms with van der Waals surface area (Å²) in [6.07, 6.45) is 6.73. The third kappa shape index (κ3) is 8.93. The van der Waals surface area contributed by atoms with Crippen LogP contribution in [0.15, 0.2) is 12.2 Å². The maximum Gasteiger partial charge on any atom is 0.306 e. The van der Waals surface area contributed by atoms with Gasteiger partial charge < -0.3 is 4.74 Å². The third-order valence-corrected chi connectivity index (χ3v) is 2.60. The second-order valence-electron chi connectivity index (χ2n) is 3.84. The summed E-state index contributed by atoms with van der Waals surface area (Å²) in [7, 11) is 0. The van der Waals surface area contributed by atoms with Gasteiger partial charge in [0.25, 0.3) is 0 Å². The van der Waals surface area contributed by atoms with Crippen molar-refractivity contribution in [3.05, 3.63) is 12.2 Å². The van der Waals surface area contributed by atoms with Crippen LogP contribution in [0.4, 0.5) is 0 Å². The summed E-state index contributed by atoms with van der Waals surface area (Å²) in [5.41, 5.74) is 0.